The second kappa shape index (κ2) is 11.7. The molecular weight excluding hydrogens is 490 g/mol. The summed E-state index contributed by atoms with van der Waals surface area (Å²) in [7, 11) is 3.29. The summed E-state index contributed by atoms with van der Waals surface area (Å²) in [6.07, 6.45) is 3.81. The number of nitrogens with one attached hydrogen (secondary N) is 1. The smallest absolute Gasteiger partial charge is 0.127 e. The molecule has 0 radical (unpaired) electrons. The van der Waals surface area contributed by atoms with Gasteiger partial charge >= 0.3 is 0 Å². The van der Waals surface area contributed by atoms with Crippen LogP contribution >= 0.6 is 11.6 Å². The molecule has 8 heteroatoms. The van der Waals surface area contributed by atoms with Crippen LogP contribution in [0.2, 0.25) is 5.02 Å². The summed E-state index contributed by atoms with van der Waals surface area (Å²) in [5, 5.41) is 13.7. The normalized spacial score (nSPS) is 15.1. The molecule has 1 atom stereocenters. The quantitative estimate of drug-likeness (QED) is 0.260. The van der Waals surface area contributed by atoms with Crippen LogP contribution in [-0.4, -0.2) is 44.2 Å². The summed E-state index contributed by atoms with van der Waals surface area (Å²) in [5.74, 6) is 2.88. The van der Waals surface area contributed by atoms with Crippen molar-refractivity contribution < 1.29 is 18.9 Å². The van der Waals surface area contributed by atoms with Crippen molar-refractivity contribution in [1.82, 2.24) is 10.2 Å². The van der Waals surface area contributed by atoms with Crippen molar-refractivity contribution in [3.8, 4) is 28.4 Å². The van der Waals surface area contributed by atoms with Gasteiger partial charge in [-0.2, -0.15) is 10.2 Å². The van der Waals surface area contributed by atoms with Gasteiger partial charge in [0.2, 0.25) is 0 Å². The first-order valence-corrected chi connectivity index (χ1v) is 12.7. The first-order valence-electron chi connectivity index (χ1n) is 12.4. The summed E-state index contributed by atoms with van der Waals surface area (Å²) >= 11 is 6.36. The van der Waals surface area contributed by atoms with Crippen LogP contribution in [0.5, 0.6) is 17.2 Å². The largest absolute Gasteiger partial charge is 0.497 e. The van der Waals surface area contributed by atoms with Gasteiger partial charge in [0.1, 0.15) is 17.2 Å². The number of fused-ring (bicyclic) bond motifs is 1. The highest BCUT2D eigenvalue weighted by Crippen LogP contribution is 2.35. The summed E-state index contributed by atoms with van der Waals surface area (Å²) in [6.45, 7) is 2.87. The van der Waals surface area contributed by atoms with E-state index < -0.39 is 0 Å². The van der Waals surface area contributed by atoms with E-state index >= 15 is 0 Å². The lowest BCUT2D eigenvalue weighted by atomic mass is 10.0. The molecule has 1 aliphatic rings. The molecule has 0 bridgehead atoms. The number of ether oxygens (including phenoxy) is 4. The van der Waals surface area contributed by atoms with Gasteiger partial charge in [-0.25, -0.2) is 0 Å². The van der Waals surface area contributed by atoms with E-state index in [1.165, 1.54) is 0 Å². The average Bonchev–Trinajstić information content (AvgIpc) is 3.46. The van der Waals surface area contributed by atoms with Gasteiger partial charge in [0.25, 0.3) is 0 Å². The zero-order valence-corrected chi connectivity index (χ0v) is 21.8. The minimum absolute atomic E-state index is 0.564. The van der Waals surface area contributed by atoms with Crippen molar-refractivity contribution in [2.45, 2.75) is 19.4 Å². The Bertz CT molecular complexity index is 1370. The Morgan fingerprint density at radius 3 is 2.76 bits per heavy atom. The Labute approximate surface area is 221 Å². The van der Waals surface area contributed by atoms with Crippen molar-refractivity contribution in [2.75, 3.05) is 39.4 Å². The third-order valence-corrected chi connectivity index (χ3v) is 6.90. The highest BCUT2D eigenvalue weighted by molar-refractivity contribution is 6.31. The van der Waals surface area contributed by atoms with Gasteiger partial charge < -0.3 is 24.3 Å². The van der Waals surface area contributed by atoms with Crippen LogP contribution in [0.25, 0.3) is 22.0 Å². The maximum atomic E-state index is 6.36. The van der Waals surface area contributed by atoms with Gasteiger partial charge in [-0.1, -0.05) is 17.7 Å². The molecule has 192 valence electrons. The van der Waals surface area contributed by atoms with Crippen LogP contribution in [0.1, 0.15) is 18.4 Å². The number of benzene rings is 3. The summed E-state index contributed by atoms with van der Waals surface area (Å²) < 4.78 is 22.5. The molecule has 1 saturated heterocycles. The Balaban J connectivity index is 1.36. The monoisotopic (exact) mass is 519 g/mol. The van der Waals surface area contributed by atoms with E-state index in [0.717, 1.165) is 76.6 Å². The SMILES string of the molecule is COc1ccc(CNc2cnnc3cc(-c4cc(Cl)ccc4OCCC4CCOC4)ccc23)c(OC)c1. The van der Waals surface area contributed by atoms with E-state index in [1.807, 2.05) is 48.5 Å². The summed E-state index contributed by atoms with van der Waals surface area (Å²) in [5.41, 5.74) is 4.57. The fraction of sp³-hybridized carbons (Fsp3) is 0.310. The highest BCUT2D eigenvalue weighted by Gasteiger charge is 2.16. The minimum atomic E-state index is 0.564. The van der Waals surface area contributed by atoms with Gasteiger partial charge in [0.15, 0.2) is 0 Å². The molecule has 0 spiro atoms. The molecule has 1 aliphatic heterocycles. The molecule has 0 amide bonds. The van der Waals surface area contributed by atoms with Crippen molar-refractivity contribution >= 4 is 28.2 Å². The van der Waals surface area contributed by atoms with E-state index in [9.17, 15) is 0 Å². The lowest BCUT2D eigenvalue weighted by Crippen LogP contribution is -2.07. The van der Waals surface area contributed by atoms with Crippen LogP contribution in [0.3, 0.4) is 0 Å². The Kier molecular flexibility index (Phi) is 7.92. The molecule has 37 heavy (non-hydrogen) atoms. The molecular formula is C29H30ClN3O4. The lowest BCUT2D eigenvalue weighted by Gasteiger charge is -2.15. The predicted octanol–water partition coefficient (Wildman–Crippen LogP) is 6.38. The van der Waals surface area contributed by atoms with E-state index in [0.29, 0.717) is 24.1 Å². The Morgan fingerprint density at radius 1 is 1.03 bits per heavy atom. The second-order valence-corrected chi connectivity index (χ2v) is 9.47. The first kappa shape index (κ1) is 25.1. The molecule has 1 fully saturated rings. The standard InChI is InChI=1S/C29H30ClN3O4/c1-34-23-6-3-21(29(15-23)35-2)16-31-27-17-32-33-26-13-20(4-7-24(26)27)25-14-22(30)5-8-28(25)37-12-10-19-9-11-36-18-19/h3-8,13-15,17,19H,9-12,16,18H2,1-2H3,(H,31,33). The van der Waals surface area contributed by atoms with Crippen LogP contribution in [0.4, 0.5) is 5.69 Å². The Hall–Kier alpha value is -3.55. The number of methoxy groups -OCH3 is 2. The Morgan fingerprint density at radius 2 is 1.95 bits per heavy atom. The van der Waals surface area contributed by atoms with Gasteiger partial charge in [0.05, 0.1) is 38.2 Å². The molecule has 4 aromatic rings. The molecule has 0 aliphatic carbocycles. The van der Waals surface area contributed by atoms with Crippen LogP contribution in [0.15, 0.2) is 60.8 Å². The van der Waals surface area contributed by atoms with Crippen LogP contribution in [-0.2, 0) is 11.3 Å². The van der Waals surface area contributed by atoms with Crippen molar-refractivity contribution in [1.29, 1.82) is 0 Å². The van der Waals surface area contributed by atoms with Gasteiger partial charge in [0, 0.05) is 47.4 Å². The molecule has 5 rings (SSSR count). The molecule has 7 nitrogen and oxygen atoms in total. The average molecular weight is 520 g/mol. The van der Waals surface area contributed by atoms with E-state index in [1.54, 1.807) is 20.4 Å². The fourth-order valence-electron chi connectivity index (χ4n) is 4.56. The number of halogens is 1. The maximum Gasteiger partial charge on any atom is 0.127 e. The van der Waals surface area contributed by atoms with Crippen molar-refractivity contribution in [2.24, 2.45) is 5.92 Å². The maximum absolute atomic E-state index is 6.36. The topological polar surface area (TPSA) is 74.7 Å². The highest BCUT2D eigenvalue weighted by atomic mass is 35.5. The van der Waals surface area contributed by atoms with E-state index in [4.69, 9.17) is 30.5 Å². The number of aromatic nitrogens is 2. The zero-order valence-electron chi connectivity index (χ0n) is 21.0. The molecule has 2 heterocycles. The van der Waals surface area contributed by atoms with Crippen LogP contribution < -0.4 is 19.5 Å². The van der Waals surface area contributed by atoms with Gasteiger partial charge in [-0.15, -0.1) is 0 Å². The molecule has 1 N–H and O–H groups in total. The zero-order chi connectivity index (χ0) is 25.6. The summed E-state index contributed by atoms with van der Waals surface area (Å²) in [6, 6.07) is 17.6. The van der Waals surface area contributed by atoms with Crippen LogP contribution in [0, 0.1) is 5.92 Å². The van der Waals surface area contributed by atoms with Gasteiger partial charge in [-0.3, -0.25) is 0 Å². The fourth-order valence-corrected chi connectivity index (χ4v) is 4.73. The third kappa shape index (κ3) is 5.89. The minimum Gasteiger partial charge on any atom is -0.497 e. The molecule has 3 aromatic carbocycles. The van der Waals surface area contributed by atoms with Crippen molar-refractivity contribution in [3.63, 3.8) is 0 Å². The second-order valence-electron chi connectivity index (χ2n) is 9.03. The van der Waals surface area contributed by atoms with E-state index in [-0.39, 0.29) is 0 Å². The van der Waals surface area contributed by atoms with Gasteiger partial charge in [-0.05, 0) is 66.8 Å². The number of nitrogens with zero attached hydrogens (tertiary/aromatic N) is 2. The molecule has 1 unspecified atom stereocenters. The number of hydrogen-bond donors (Lipinski definition) is 1. The lowest BCUT2D eigenvalue weighted by molar-refractivity contribution is 0.178. The molecule has 0 saturated carbocycles. The number of anilines is 1. The number of rotatable bonds is 10. The number of hydrogen-bond acceptors (Lipinski definition) is 7. The summed E-state index contributed by atoms with van der Waals surface area (Å²) in [4.78, 5) is 0. The third-order valence-electron chi connectivity index (χ3n) is 6.66. The first-order chi connectivity index (χ1) is 18.1. The van der Waals surface area contributed by atoms with Crippen molar-refractivity contribution in [3.05, 3.63) is 71.4 Å². The van der Waals surface area contributed by atoms with E-state index in [2.05, 4.69) is 21.6 Å². The predicted molar refractivity (Wildman–Crippen MR) is 146 cm³/mol. The molecule has 1 aromatic heterocycles.